The molecule has 1 aliphatic heterocycles. The number of nitrogens with one attached hydrogen (secondary N) is 1. The van der Waals surface area contributed by atoms with Gasteiger partial charge in [-0.2, -0.15) is 11.8 Å². The molecule has 0 aromatic heterocycles. The highest BCUT2D eigenvalue weighted by Gasteiger charge is 2.41. The van der Waals surface area contributed by atoms with Crippen LogP contribution in [-0.4, -0.2) is 34.0 Å². The van der Waals surface area contributed by atoms with E-state index in [1.165, 1.54) is 11.1 Å². The molecule has 0 unspecified atom stereocenters. The van der Waals surface area contributed by atoms with Gasteiger partial charge in [-0.15, -0.1) is 0 Å². The van der Waals surface area contributed by atoms with Gasteiger partial charge in [0, 0.05) is 6.42 Å². The Kier molecular flexibility index (Phi) is 5.51. The molecule has 120 valence electrons. The van der Waals surface area contributed by atoms with Crippen LogP contribution in [0, 0.1) is 13.8 Å². The molecule has 1 heterocycles. The number of thioether (sulfide) groups is 1. The molecular weight excluding hydrogens is 298 g/mol. The zero-order valence-electron chi connectivity index (χ0n) is 13.1. The van der Waals surface area contributed by atoms with Gasteiger partial charge in [0.1, 0.15) is 5.54 Å². The largest absolute Gasteiger partial charge is 0.480 e. The molecule has 0 atom stereocenters. The number of amides is 1. The van der Waals surface area contributed by atoms with Gasteiger partial charge in [0.15, 0.2) is 0 Å². The topological polar surface area (TPSA) is 66.4 Å². The molecule has 1 aromatic carbocycles. The van der Waals surface area contributed by atoms with Gasteiger partial charge >= 0.3 is 5.97 Å². The standard InChI is InChI=1S/C17H23NO3S/c1-12-3-4-14(13(2)11-12)5-6-15(19)18-17(16(20)21)7-9-22-10-8-17/h3-4,11H,5-10H2,1-2H3,(H,18,19)(H,20,21). The average molecular weight is 321 g/mol. The number of carboxylic acid groups (broad SMARTS) is 1. The zero-order chi connectivity index (χ0) is 16.2. The van der Waals surface area contributed by atoms with Crippen LogP contribution in [0.4, 0.5) is 0 Å². The minimum Gasteiger partial charge on any atom is -0.480 e. The van der Waals surface area contributed by atoms with Gasteiger partial charge in [0.2, 0.25) is 5.91 Å². The summed E-state index contributed by atoms with van der Waals surface area (Å²) in [6, 6.07) is 6.18. The maximum absolute atomic E-state index is 12.2. The molecule has 0 aliphatic carbocycles. The van der Waals surface area contributed by atoms with Gasteiger partial charge in [-0.05, 0) is 55.7 Å². The summed E-state index contributed by atoms with van der Waals surface area (Å²) in [6.45, 7) is 4.08. The SMILES string of the molecule is Cc1ccc(CCC(=O)NC2(C(=O)O)CCSCC2)c(C)c1. The Hall–Kier alpha value is -1.49. The molecule has 22 heavy (non-hydrogen) atoms. The Morgan fingerprint density at radius 1 is 1.27 bits per heavy atom. The zero-order valence-corrected chi connectivity index (χ0v) is 14.0. The molecule has 5 heteroatoms. The number of hydrogen-bond donors (Lipinski definition) is 2. The van der Waals surface area contributed by atoms with Crippen LogP contribution in [0.25, 0.3) is 0 Å². The number of hydrogen-bond acceptors (Lipinski definition) is 3. The Balaban J connectivity index is 1.95. The fourth-order valence-electron chi connectivity index (χ4n) is 2.82. The molecule has 1 aromatic rings. The molecule has 0 bridgehead atoms. The summed E-state index contributed by atoms with van der Waals surface area (Å²) in [6.07, 6.45) is 1.97. The summed E-state index contributed by atoms with van der Waals surface area (Å²) in [4.78, 5) is 23.7. The number of aliphatic carboxylic acids is 1. The van der Waals surface area contributed by atoms with E-state index in [4.69, 9.17) is 0 Å². The third kappa shape index (κ3) is 4.03. The summed E-state index contributed by atoms with van der Waals surface area (Å²) in [5.41, 5.74) is 2.46. The van der Waals surface area contributed by atoms with Crippen LogP contribution in [0.2, 0.25) is 0 Å². The number of carbonyl (C=O) groups excluding carboxylic acids is 1. The van der Waals surface area contributed by atoms with Crippen LogP contribution in [0.1, 0.15) is 36.0 Å². The van der Waals surface area contributed by atoms with Gasteiger partial charge in [-0.25, -0.2) is 4.79 Å². The van der Waals surface area contributed by atoms with Crippen molar-refractivity contribution in [2.24, 2.45) is 0 Å². The lowest BCUT2D eigenvalue weighted by Gasteiger charge is -2.33. The molecule has 0 spiro atoms. The summed E-state index contributed by atoms with van der Waals surface area (Å²) in [5.74, 6) is 0.481. The molecule has 2 rings (SSSR count). The van der Waals surface area contributed by atoms with Crippen molar-refractivity contribution in [1.29, 1.82) is 0 Å². The van der Waals surface area contributed by atoms with Crippen LogP contribution in [0.5, 0.6) is 0 Å². The summed E-state index contributed by atoms with van der Waals surface area (Å²) >= 11 is 1.74. The second-order valence-electron chi connectivity index (χ2n) is 5.98. The third-order valence-corrected chi connectivity index (χ3v) is 5.24. The number of carbonyl (C=O) groups is 2. The quantitative estimate of drug-likeness (QED) is 0.875. The molecule has 1 amide bonds. The molecule has 0 saturated carbocycles. The Bertz CT molecular complexity index is 565. The number of carboxylic acids is 1. The third-order valence-electron chi connectivity index (χ3n) is 4.25. The van der Waals surface area contributed by atoms with Crippen LogP contribution in [0.15, 0.2) is 18.2 Å². The normalized spacial score (nSPS) is 17.0. The van der Waals surface area contributed by atoms with Crippen LogP contribution in [-0.2, 0) is 16.0 Å². The highest BCUT2D eigenvalue weighted by molar-refractivity contribution is 7.99. The Morgan fingerprint density at radius 3 is 2.55 bits per heavy atom. The van der Waals surface area contributed by atoms with E-state index in [-0.39, 0.29) is 5.91 Å². The van der Waals surface area contributed by atoms with Crippen molar-refractivity contribution < 1.29 is 14.7 Å². The van der Waals surface area contributed by atoms with Crippen molar-refractivity contribution in [2.75, 3.05) is 11.5 Å². The first kappa shape index (κ1) is 16.9. The highest BCUT2D eigenvalue weighted by atomic mass is 32.2. The summed E-state index contributed by atoms with van der Waals surface area (Å²) in [5, 5.41) is 12.3. The Labute approximate surface area is 135 Å². The van der Waals surface area contributed by atoms with Gasteiger partial charge in [-0.3, -0.25) is 4.79 Å². The maximum atomic E-state index is 12.2. The van der Waals surface area contributed by atoms with Crippen LogP contribution >= 0.6 is 11.8 Å². The lowest BCUT2D eigenvalue weighted by Crippen LogP contribution is -2.56. The second-order valence-corrected chi connectivity index (χ2v) is 7.20. The molecule has 0 radical (unpaired) electrons. The fourth-order valence-corrected chi connectivity index (χ4v) is 4.01. The first-order valence-electron chi connectivity index (χ1n) is 7.61. The van der Waals surface area contributed by atoms with Crippen LogP contribution in [0.3, 0.4) is 0 Å². The van der Waals surface area contributed by atoms with E-state index in [1.807, 2.05) is 26.0 Å². The molecule has 1 fully saturated rings. The molecule has 1 aliphatic rings. The lowest BCUT2D eigenvalue weighted by atomic mass is 9.91. The number of benzene rings is 1. The van der Waals surface area contributed by atoms with Crippen molar-refractivity contribution in [1.82, 2.24) is 5.32 Å². The van der Waals surface area contributed by atoms with E-state index < -0.39 is 11.5 Å². The Morgan fingerprint density at radius 2 is 1.95 bits per heavy atom. The van der Waals surface area contributed by atoms with Crippen molar-refractivity contribution in [3.63, 3.8) is 0 Å². The number of aryl methyl sites for hydroxylation is 3. The molecule has 2 N–H and O–H groups in total. The molecule has 4 nitrogen and oxygen atoms in total. The van der Waals surface area contributed by atoms with Crippen LogP contribution < -0.4 is 5.32 Å². The summed E-state index contributed by atoms with van der Waals surface area (Å²) in [7, 11) is 0. The van der Waals surface area contributed by atoms with Gasteiger partial charge < -0.3 is 10.4 Å². The van der Waals surface area contributed by atoms with Crippen molar-refractivity contribution in [3.05, 3.63) is 34.9 Å². The minimum absolute atomic E-state index is 0.172. The van der Waals surface area contributed by atoms with Crippen molar-refractivity contribution in [3.8, 4) is 0 Å². The number of rotatable bonds is 5. The van der Waals surface area contributed by atoms with E-state index in [0.717, 1.165) is 17.1 Å². The van der Waals surface area contributed by atoms with Crippen molar-refractivity contribution >= 4 is 23.6 Å². The predicted molar refractivity (Wildman–Crippen MR) is 89.3 cm³/mol. The first-order valence-corrected chi connectivity index (χ1v) is 8.77. The smallest absolute Gasteiger partial charge is 0.329 e. The maximum Gasteiger partial charge on any atom is 0.329 e. The fraction of sp³-hybridized carbons (Fsp3) is 0.529. The minimum atomic E-state index is -1.06. The molecular formula is C17H23NO3S. The van der Waals surface area contributed by atoms with Gasteiger partial charge in [0.05, 0.1) is 0 Å². The van der Waals surface area contributed by atoms with Gasteiger partial charge in [0.25, 0.3) is 0 Å². The average Bonchev–Trinajstić information content (AvgIpc) is 2.47. The monoisotopic (exact) mass is 321 g/mol. The highest BCUT2D eigenvalue weighted by Crippen LogP contribution is 2.27. The molecule has 1 saturated heterocycles. The van der Waals surface area contributed by atoms with E-state index in [1.54, 1.807) is 11.8 Å². The van der Waals surface area contributed by atoms with E-state index in [2.05, 4.69) is 11.4 Å². The lowest BCUT2D eigenvalue weighted by molar-refractivity contribution is -0.148. The van der Waals surface area contributed by atoms with E-state index in [0.29, 0.717) is 25.7 Å². The van der Waals surface area contributed by atoms with Crippen molar-refractivity contribution in [2.45, 2.75) is 45.1 Å². The first-order chi connectivity index (χ1) is 10.4. The second kappa shape index (κ2) is 7.18. The predicted octanol–water partition coefficient (Wildman–Crippen LogP) is 2.70. The van der Waals surface area contributed by atoms with E-state index in [9.17, 15) is 14.7 Å². The van der Waals surface area contributed by atoms with Gasteiger partial charge in [-0.1, -0.05) is 23.8 Å². The summed E-state index contributed by atoms with van der Waals surface area (Å²) < 4.78 is 0. The van der Waals surface area contributed by atoms with E-state index >= 15 is 0 Å².